The molecule has 2 N–H and O–H groups in total. The number of hydrogen-bond donors (Lipinski definition) is 1. The summed E-state index contributed by atoms with van der Waals surface area (Å²) < 4.78 is 27.0. The molecule has 0 atom stereocenters. The molecule has 0 radical (unpaired) electrons. The van der Waals surface area contributed by atoms with Gasteiger partial charge < -0.3 is 4.74 Å². The monoisotopic (exact) mass is 229 g/mol. The van der Waals surface area contributed by atoms with Crippen LogP contribution in [0, 0.1) is 0 Å². The number of carbonyl (C=O) groups is 1. The summed E-state index contributed by atoms with van der Waals surface area (Å²) in [5.74, 6) is -0.544. The van der Waals surface area contributed by atoms with Crippen molar-refractivity contribution in [2.75, 3.05) is 0 Å². The molecule has 1 rings (SSSR count). The number of primary sulfonamides is 1. The second-order valence-corrected chi connectivity index (χ2v) is 4.35. The molecule has 0 aliphatic carbocycles. The van der Waals surface area contributed by atoms with Crippen LogP contribution in [0.2, 0.25) is 0 Å². The van der Waals surface area contributed by atoms with Crippen molar-refractivity contribution in [2.24, 2.45) is 5.14 Å². The number of benzene rings is 1. The quantitative estimate of drug-likeness (QED) is 0.609. The van der Waals surface area contributed by atoms with E-state index in [9.17, 15) is 13.2 Å². The minimum absolute atomic E-state index is 0.0353. The average molecular weight is 229 g/mol. The lowest BCUT2D eigenvalue weighted by Gasteiger charge is -2.06. The highest BCUT2D eigenvalue weighted by atomic mass is 32.2. The van der Waals surface area contributed by atoms with Crippen molar-refractivity contribution in [2.45, 2.75) is 18.2 Å². The number of para-hydroxylation sites is 1. The first-order chi connectivity index (χ1) is 6.95. The largest absolute Gasteiger partial charge is 0.425 e. The van der Waals surface area contributed by atoms with Gasteiger partial charge in [-0.15, -0.1) is 0 Å². The molecule has 0 aromatic heterocycles. The molecule has 0 heterocycles. The lowest BCUT2D eigenvalue weighted by atomic mass is 10.3. The SMILES string of the molecule is CCC(=O)Oc1ccccc1S(N)(=O)=O. The Kier molecular flexibility index (Phi) is 3.43. The van der Waals surface area contributed by atoms with Gasteiger partial charge in [0.2, 0.25) is 10.0 Å². The minimum Gasteiger partial charge on any atom is -0.425 e. The van der Waals surface area contributed by atoms with E-state index < -0.39 is 16.0 Å². The summed E-state index contributed by atoms with van der Waals surface area (Å²) in [6.07, 6.45) is 0.166. The highest BCUT2D eigenvalue weighted by Crippen LogP contribution is 2.22. The molecule has 0 spiro atoms. The summed E-state index contributed by atoms with van der Waals surface area (Å²) in [6, 6.07) is 5.73. The van der Waals surface area contributed by atoms with E-state index in [1.807, 2.05) is 0 Å². The molecule has 15 heavy (non-hydrogen) atoms. The zero-order valence-electron chi connectivity index (χ0n) is 8.14. The molecule has 6 heteroatoms. The van der Waals surface area contributed by atoms with Crippen molar-refractivity contribution in [3.63, 3.8) is 0 Å². The number of sulfonamides is 1. The van der Waals surface area contributed by atoms with Crippen molar-refractivity contribution in [3.8, 4) is 5.75 Å². The lowest BCUT2D eigenvalue weighted by Crippen LogP contribution is -2.15. The molecule has 0 fully saturated rings. The molecule has 82 valence electrons. The number of ether oxygens (including phenoxy) is 1. The van der Waals surface area contributed by atoms with E-state index in [0.29, 0.717) is 0 Å². The fourth-order valence-corrected chi connectivity index (χ4v) is 1.62. The topological polar surface area (TPSA) is 86.5 Å². The Morgan fingerprint density at radius 1 is 1.40 bits per heavy atom. The Hall–Kier alpha value is -1.40. The summed E-state index contributed by atoms with van der Waals surface area (Å²) in [6.45, 7) is 1.61. The molecule has 1 aromatic rings. The van der Waals surface area contributed by atoms with E-state index in [1.165, 1.54) is 18.2 Å². The molecule has 1 aromatic carbocycles. The van der Waals surface area contributed by atoms with Crippen molar-refractivity contribution in [1.29, 1.82) is 0 Å². The molecule has 0 amide bonds. The van der Waals surface area contributed by atoms with E-state index in [4.69, 9.17) is 9.88 Å². The first kappa shape index (κ1) is 11.7. The molecule has 0 saturated heterocycles. The third kappa shape index (κ3) is 3.03. The average Bonchev–Trinajstić information content (AvgIpc) is 2.17. The molecule has 0 aliphatic rings. The standard InChI is InChI=1S/C9H11NO4S/c1-2-9(11)14-7-5-3-4-6-8(7)15(10,12)13/h3-6H,2H2,1H3,(H2,10,12,13). The van der Waals surface area contributed by atoms with E-state index in [0.717, 1.165) is 0 Å². The van der Waals surface area contributed by atoms with Gasteiger partial charge in [0, 0.05) is 6.42 Å². The number of esters is 1. The maximum Gasteiger partial charge on any atom is 0.310 e. The Bertz CT molecular complexity index is 467. The number of nitrogens with two attached hydrogens (primary N) is 1. The highest BCUT2D eigenvalue weighted by molar-refractivity contribution is 7.89. The van der Waals surface area contributed by atoms with Crippen LogP contribution < -0.4 is 9.88 Å². The molecule has 0 bridgehead atoms. The van der Waals surface area contributed by atoms with E-state index in [-0.39, 0.29) is 17.1 Å². The van der Waals surface area contributed by atoms with Crippen molar-refractivity contribution in [3.05, 3.63) is 24.3 Å². The van der Waals surface area contributed by atoms with E-state index >= 15 is 0 Å². The van der Waals surface area contributed by atoms with Crippen LogP contribution in [0.4, 0.5) is 0 Å². The smallest absolute Gasteiger partial charge is 0.310 e. The minimum atomic E-state index is -3.86. The van der Waals surface area contributed by atoms with Gasteiger partial charge >= 0.3 is 5.97 Å². The van der Waals surface area contributed by atoms with Gasteiger partial charge in [0.15, 0.2) is 5.75 Å². The van der Waals surface area contributed by atoms with Gasteiger partial charge in [-0.25, -0.2) is 13.6 Å². The normalized spacial score (nSPS) is 11.1. The van der Waals surface area contributed by atoms with Crippen LogP contribution in [0.25, 0.3) is 0 Å². The predicted molar refractivity (Wildman–Crippen MR) is 53.7 cm³/mol. The maximum atomic E-state index is 11.1. The van der Waals surface area contributed by atoms with Gasteiger partial charge in [-0.05, 0) is 12.1 Å². The first-order valence-electron chi connectivity index (χ1n) is 4.27. The second-order valence-electron chi connectivity index (χ2n) is 2.82. The Morgan fingerprint density at radius 3 is 2.53 bits per heavy atom. The van der Waals surface area contributed by atoms with Gasteiger partial charge in [-0.1, -0.05) is 19.1 Å². The van der Waals surface area contributed by atoms with Gasteiger partial charge in [0.05, 0.1) is 0 Å². The number of rotatable bonds is 3. The summed E-state index contributed by atoms with van der Waals surface area (Å²) in [5, 5.41) is 4.96. The van der Waals surface area contributed by atoms with Crippen LogP contribution >= 0.6 is 0 Å². The predicted octanol–water partition coefficient (Wildman–Crippen LogP) is 0.649. The summed E-state index contributed by atoms with van der Waals surface area (Å²) in [5.41, 5.74) is 0. The number of hydrogen-bond acceptors (Lipinski definition) is 4. The Balaban J connectivity index is 3.13. The molecule has 0 saturated carbocycles. The summed E-state index contributed by atoms with van der Waals surface area (Å²) in [7, 11) is -3.86. The van der Waals surface area contributed by atoms with Crippen LogP contribution in [-0.4, -0.2) is 14.4 Å². The molecular formula is C9H11NO4S. The Labute approximate surface area is 87.9 Å². The van der Waals surface area contributed by atoms with Crippen LogP contribution in [0.3, 0.4) is 0 Å². The van der Waals surface area contributed by atoms with Gasteiger partial charge in [-0.2, -0.15) is 0 Å². The van der Waals surface area contributed by atoms with E-state index in [1.54, 1.807) is 13.0 Å². The lowest BCUT2D eigenvalue weighted by molar-refractivity contribution is -0.134. The van der Waals surface area contributed by atoms with Gasteiger partial charge in [-0.3, -0.25) is 4.79 Å². The summed E-state index contributed by atoms with van der Waals surface area (Å²) in [4.78, 5) is 10.8. The molecular weight excluding hydrogens is 218 g/mol. The third-order valence-corrected chi connectivity index (χ3v) is 2.62. The molecule has 0 unspecified atom stereocenters. The van der Waals surface area contributed by atoms with Crippen LogP contribution in [0.1, 0.15) is 13.3 Å². The summed E-state index contributed by atoms with van der Waals surface area (Å²) >= 11 is 0. The van der Waals surface area contributed by atoms with Crippen molar-refractivity contribution >= 4 is 16.0 Å². The maximum absolute atomic E-state index is 11.1. The first-order valence-corrected chi connectivity index (χ1v) is 5.82. The molecule has 5 nitrogen and oxygen atoms in total. The fourth-order valence-electron chi connectivity index (χ4n) is 0.964. The second kappa shape index (κ2) is 4.41. The van der Waals surface area contributed by atoms with Crippen LogP contribution in [0.15, 0.2) is 29.2 Å². The van der Waals surface area contributed by atoms with Gasteiger partial charge in [0.1, 0.15) is 4.90 Å². The fraction of sp³-hybridized carbons (Fsp3) is 0.222. The van der Waals surface area contributed by atoms with Crippen LogP contribution in [0.5, 0.6) is 5.75 Å². The zero-order valence-corrected chi connectivity index (χ0v) is 8.95. The van der Waals surface area contributed by atoms with E-state index in [2.05, 4.69) is 0 Å². The Morgan fingerprint density at radius 2 is 2.00 bits per heavy atom. The third-order valence-electron chi connectivity index (χ3n) is 1.67. The van der Waals surface area contributed by atoms with Crippen molar-refractivity contribution in [1.82, 2.24) is 0 Å². The van der Waals surface area contributed by atoms with Crippen LogP contribution in [-0.2, 0) is 14.8 Å². The highest BCUT2D eigenvalue weighted by Gasteiger charge is 2.15. The zero-order chi connectivity index (χ0) is 11.5. The molecule has 0 aliphatic heterocycles. The number of carbonyl (C=O) groups excluding carboxylic acids is 1. The van der Waals surface area contributed by atoms with Gasteiger partial charge in [0.25, 0.3) is 0 Å². The van der Waals surface area contributed by atoms with Crippen molar-refractivity contribution < 1.29 is 17.9 Å².